The van der Waals surface area contributed by atoms with Crippen LogP contribution in [-0.2, 0) is 0 Å². The van der Waals surface area contributed by atoms with Gasteiger partial charge in [-0.3, -0.25) is 0 Å². The normalized spacial score (nSPS) is 11.6. The topological polar surface area (TPSA) is 51.8 Å². The van der Waals surface area contributed by atoms with Crippen LogP contribution in [0.5, 0.6) is 0 Å². The van der Waals surface area contributed by atoms with Crippen LogP contribution in [0.2, 0.25) is 0 Å². The van der Waals surface area contributed by atoms with Gasteiger partial charge in [-0.05, 0) is 69.1 Å². The molecule has 0 aliphatic heterocycles. The number of hydrogen-bond acceptors (Lipinski definition) is 4. The number of furan rings is 1. The highest BCUT2D eigenvalue weighted by atomic mass is 16.3. The lowest BCUT2D eigenvalue weighted by Crippen LogP contribution is -2.00. The lowest BCUT2D eigenvalue weighted by atomic mass is 9.94. The zero-order valence-electron chi connectivity index (χ0n) is 24.2. The summed E-state index contributed by atoms with van der Waals surface area (Å²) in [6.07, 6.45) is 0. The van der Waals surface area contributed by atoms with Crippen LogP contribution in [0, 0.1) is 0 Å². The predicted octanol–water partition coefficient (Wildman–Crippen LogP) is 10.7. The molecule has 2 aromatic heterocycles. The highest BCUT2D eigenvalue weighted by Crippen LogP contribution is 2.36. The van der Waals surface area contributed by atoms with Crippen molar-refractivity contribution in [1.29, 1.82) is 0 Å². The van der Waals surface area contributed by atoms with Gasteiger partial charge in [-0.15, -0.1) is 0 Å². The van der Waals surface area contributed by atoms with Crippen LogP contribution in [0.1, 0.15) is 0 Å². The minimum Gasteiger partial charge on any atom is -0.456 e. The van der Waals surface area contributed by atoms with Crippen LogP contribution in [0.4, 0.5) is 0 Å². The van der Waals surface area contributed by atoms with Crippen LogP contribution >= 0.6 is 0 Å². The Morgan fingerprint density at radius 3 is 1.78 bits per heavy atom. The Labute approximate surface area is 259 Å². The number of aromatic nitrogens is 3. The van der Waals surface area contributed by atoms with E-state index in [1.165, 1.54) is 16.2 Å². The van der Waals surface area contributed by atoms with Gasteiger partial charge in [0.25, 0.3) is 0 Å². The number of para-hydroxylation sites is 1. The molecule has 0 radical (unpaired) electrons. The van der Waals surface area contributed by atoms with Gasteiger partial charge in [0.2, 0.25) is 0 Å². The predicted molar refractivity (Wildman–Crippen MR) is 184 cm³/mol. The molecular weight excluding hydrogens is 550 g/mol. The molecule has 210 valence electrons. The molecule has 45 heavy (non-hydrogen) atoms. The van der Waals surface area contributed by atoms with Crippen molar-refractivity contribution in [2.75, 3.05) is 0 Å². The SMILES string of the molecule is c1ccc(-c2nc(-c3cc(-c4ccc5ccccc5c4)c4ccccc4c3)nc(-c3ccc4c(c3)oc3ccccc34)n2)cc1. The summed E-state index contributed by atoms with van der Waals surface area (Å²) in [4.78, 5) is 15.1. The van der Waals surface area contributed by atoms with Gasteiger partial charge in [-0.1, -0.05) is 115 Å². The summed E-state index contributed by atoms with van der Waals surface area (Å²) in [6.45, 7) is 0. The molecule has 4 nitrogen and oxygen atoms in total. The Balaban J connectivity index is 1.26. The van der Waals surface area contributed by atoms with Crippen molar-refractivity contribution in [3.05, 3.63) is 152 Å². The summed E-state index contributed by atoms with van der Waals surface area (Å²) in [6, 6.07) is 52.4. The zero-order chi connectivity index (χ0) is 29.7. The van der Waals surface area contributed by atoms with Gasteiger partial charge >= 0.3 is 0 Å². The highest BCUT2D eigenvalue weighted by Gasteiger charge is 2.16. The van der Waals surface area contributed by atoms with E-state index in [4.69, 9.17) is 19.4 Å². The molecular formula is C41H25N3O. The van der Waals surface area contributed by atoms with Crippen LogP contribution < -0.4 is 0 Å². The first kappa shape index (κ1) is 25.4. The summed E-state index contributed by atoms with van der Waals surface area (Å²) >= 11 is 0. The fraction of sp³-hybridized carbons (Fsp3) is 0. The Morgan fingerprint density at radius 2 is 0.933 bits per heavy atom. The van der Waals surface area contributed by atoms with Crippen molar-refractivity contribution >= 4 is 43.5 Å². The molecule has 7 aromatic carbocycles. The van der Waals surface area contributed by atoms with Crippen molar-refractivity contribution in [2.45, 2.75) is 0 Å². The van der Waals surface area contributed by atoms with Gasteiger partial charge in [0, 0.05) is 27.5 Å². The summed E-state index contributed by atoms with van der Waals surface area (Å²) < 4.78 is 6.22. The maximum Gasteiger partial charge on any atom is 0.164 e. The quantitative estimate of drug-likeness (QED) is 0.209. The monoisotopic (exact) mass is 575 g/mol. The summed E-state index contributed by atoms with van der Waals surface area (Å²) in [7, 11) is 0. The van der Waals surface area contributed by atoms with Gasteiger partial charge in [-0.25, -0.2) is 15.0 Å². The first-order valence-electron chi connectivity index (χ1n) is 15.0. The lowest BCUT2D eigenvalue weighted by molar-refractivity contribution is 0.669. The number of rotatable bonds is 4. The van der Waals surface area contributed by atoms with E-state index in [-0.39, 0.29) is 0 Å². The fourth-order valence-corrected chi connectivity index (χ4v) is 6.25. The molecule has 0 atom stereocenters. The molecule has 0 saturated heterocycles. The molecule has 9 rings (SSSR count). The molecule has 4 heteroatoms. The Kier molecular flexibility index (Phi) is 5.78. The van der Waals surface area contributed by atoms with E-state index in [2.05, 4.69) is 97.1 Å². The molecule has 0 N–H and O–H groups in total. The second kappa shape index (κ2) is 10.2. The van der Waals surface area contributed by atoms with Crippen LogP contribution in [0.15, 0.2) is 156 Å². The van der Waals surface area contributed by atoms with Crippen molar-refractivity contribution in [3.63, 3.8) is 0 Å². The summed E-state index contributed by atoms with van der Waals surface area (Å²) in [5.74, 6) is 1.85. The fourth-order valence-electron chi connectivity index (χ4n) is 6.25. The van der Waals surface area contributed by atoms with Gasteiger partial charge in [-0.2, -0.15) is 0 Å². The van der Waals surface area contributed by atoms with Crippen molar-refractivity contribution in [3.8, 4) is 45.3 Å². The number of nitrogens with zero attached hydrogens (tertiary/aromatic N) is 3. The molecule has 0 bridgehead atoms. The average Bonchev–Trinajstić information content (AvgIpc) is 3.49. The van der Waals surface area contributed by atoms with E-state index < -0.39 is 0 Å². The van der Waals surface area contributed by atoms with Gasteiger partial charge < -0.3 is 4.42 Å². The first-order chi connectivity index (χ1) is 22.3. The highest BCUT2D eigenvalue weighted by molar-refractivity contribution is 6.06. The number of fused-ring (bicyclic) bond motifs is 5. The van der Waals surface area contributed by atoms with Gasteiger partial charge in [0.05, 0.1) is 0 Å². The minimum absolute atomic E-state index is 0.599. The second-order valence-electron chi connectivity index (χ2n) is 11.3. The smallest absolute Gasteiger partial charge is 0.164 e. The molecule has 0 unspecified atom stereocenters. The molecule has 0 aliphatic carbocycles. The maximum absolute atomic E-state index is 6.22. The summed E-state index contributed by atoms with van der Waals surface area (Å²) in [5.41, 5.74) is 6.70. The van der Waals surface area contributed by atoms with Gasteiger partial charge in [0.15, 0.2) is 17.5 Å². The van der Waals surface area contributed by atoms with E-state index in [9.17, 15) is 0 Å². The van der Waals surface area contributed by atoms with E-state index in [0.29, 0.717) is 17.5 Å². The Hall–Kier alpha value is -6.13. The molecule has 0 saturated carbocycles. The van der Waals surface area contributed by atoms with Crippen molar-refractivity contribution < 1.29 is 4.42 Å². The molecule has 2 heterocycles. The first-order valence-corrected chi connectivity index (χ1v) is 15.0. The molecule has 0 amide bonds. The van der Waals surface area contributed by atoms with Crippen molar-refractivity contribution in [2.24, 2.45) is 0 Å². The van der Waals surface area contributed by atoms with Crippen molar-refractivity contribution in [1.82, 2.24) is 15.0 Å². The average molecular weight is 576 g/mol. The largest absolute Gasteiger partial charge is 0.456 e. The standard InChI is InChI=1S/C41H25N3O/c1-2-11-27(12-3-1)39-42-40(31-20-21-35-34-16-8-9-17-37(34)45-38(35)25-31)44-41(43-39)32-23-29-14-6-7-15-33(29)36(24-32)30-19-18-26-10-4-5-13-28(26)22-30/h1-25H. The summed E-state index contributed by atoms with van der Waals surface area (Å²) in [5, 5.41) is 6.91. The minimum atomic E-state index is 0.599. The van der Waals surface area contributed by atoms with E-state index in [1.54, 1.807) is 0 Å². The Bertz CT molecular complexity index is 2550. The third-order valence-corrected chi connectivity index (χ3v) is 8.48. The number of benzene rings is 7. The third-order valence-electron chi connectivity index (χ3n) is 8.48. The van der Waals surface area contributed by atoms with Gasteiger partial charge in [0.1, 0.15) is 11.2 Å². The van der Waals surface area contributed by atoms with Crippen LogP contribution in [0.25, 0.3) is 88.8 Å². The Morgan fingerprint density at radius 1 is 0.333 bits per heavy atom. The third kappa shape index (κ3) is 4.43. The van der Waals surface area contributed by atoms with Crippen LogP contribution in [-0.4, -0.2) is 15.0 Å². The maximum atomic E-state index is 6.22. The van der Waals surface area contributed by atoms with E-state index in [0.717, 1.165) is 55.1 Å². The van der Waals surface area contributed by atoms with E-state index in [1.807, 2.05) is 54.6 Å². The zero-order valence-corrected chi connectivity index (χ0v) is 24.2. The molecule has 0 spiro atoms. The van der Waals surface area contributed by atoms with Crippen LogP contribution in [0.3, 0.4) is 0 Å². The molecule has 0 fully saturated rings. The van der Waals surface area contributed by atoms with E-state index >= 15 is 0 Å². The lowest BCUT2D eigenvalue weighted by Gasteiger charge is -2.13. The number of hydrogen-bond donors (Lipinski definition) is 0. The second-order valence-corrected chi connectivity index (χ2v) is 11.3. The molecule has 9 aromatic rings. The molecule has 0 aliphatic rings.